The van der Waals surface area contributed by atoms with E-state index in [1.54, 1.807) is 18.2 Å². The van der Waals surface area contributed by atoms with Crippen molar-refractivity contribution in [3.63, 3.8) is 0 Å². The molecule has 5 nitrogen and oxygen atoms in total. The zero-order chi connectivity index (χ0) is 17.3. The Balaban J connectivity index is 2.49. The van der Waals surface area contributed by atoms with Gasteiger partial charge in [-0.25, -0.2) is 9.67 Å². The first-order valence-electron chi connectivity index (χ1n) is 7.01. The number of ether oxygens (including phenoxy) is 1. The van der Waals surface area contributed by atoms with Crippen LogP contribution < -0.4 is 4.74 Å². The zero-order valence-electron chi connectivity index (χ0n) is 13.2. The first-order chi connectivity index (χ1) is 10.7. The molecule has 23 heavy (non-hydrogen) atoms. The third-order valence-corrected chi connectivity index (χ3v) is 4.23. The fraction of sp³-hybridized carbons (Fsp3) is 0.375. The van der Waals surface area contributed by atoms with E-state index < -0.39 is 17.2 Å². The maximum atomic E-state index is 11.2. The molecule has 2 atom stereocenters. The molecule has 0 saturated carbocycles. The molecular formula is C16H19Cl2N3O2. The Labute approximate surface area is 145 Å². The molecule has 2 unspecified atom stereocenters. The second-order valence-corrected chi connectivity index (χ2v) is 7.04. The lowest BCUT2D eigenvalue weighted by Crippen LogP contribution is -2.50. The van der Waals surface area contributed by atoms with Gasteiger partial charge in [0.1, 0.15) is 24.0 Å². The molecule has 0 bridgehead atoms. The zero-order valence-corrected chi connectivity index (χ0v) is 14.7. The summed E-state index contributed by atoms with van der Waals surface area (Å²) in [6, 6.07) is 4.87. The van der Waals surface area contributed by atoms with E-state index in [1.807, 2.05) is 20.8 Å². The molecule has 0 spiro atoms. The van der Waals surface area contributed by atoms with Crippen molar-refractivity contribution >= 4 is 23.2 Å². The van der Waals surface area contributed by atoms with Crippen LogP contribution in [0.3, 0.4) is 0 Å². The smallest absolute Gasteiger partial charge is 0.225 e. The molecule has 2 rings (SSSR count). The summed E-state index contributed by atoms with van der Waals surface area (Å²) in [5, 5.41) is 16.1. The van der Waals surface area contributed by atoms with E-state index in [2.05, 4.69) is 16.7 Å². The van der Waals surface area contributed by atoms with Crippen LogP contribution in [0.1, 0.15) is 27.0 Å². The molecule has 0 fully saturated rings. The van der Waals surface area contributed by atoms with Crippen molar-refractivity contribution in [2.75, 3.05) is 0 Å². The van der Waals surface area contributed by atoms with Crippen LogP contribution in [-0.2, 0) is 0 Å². The summed E-state index contributed by atoms with van der Waals surface area (Å²) in [6.07, 6.45) is 3.38. The van der Waals surface area contributed by atoms with Crippen LogP contribution in [0.15, 0.2) is 43.5 Å². The molecule has 1 aromatic heterocycles. The average Bonchev–Trinajstić information content (AvgIpc) is 2.98. The van der Waals surface area contributed by atoms with Gasteiger partial charge in [-0.1, -0.05) is 50.0 Å². The van der Waals surface area contributed by atoms with E-state index in [-0.39, 0.29) is 0 Å². The Hall–Kier alpha value is -1.56. The molecule has 2 aromatic rings. The first kappa shape index (κ1) is 17.8. The predicted molar refractivity (Wildman–Crippen MR) is 90.8 cm³/mol. The molecule has 1 aromatic carbocycles. The van der Waals surface area contributed by atoms with Crippen molar-refractivity contribution in [1.82, 2.24) is 14.8 Å². The molecule has 0 radical (unpaired) electrons. The van der Waals surface area contributed by atoms with Crippen molar-refractivity contribution in [1.29, 1.82) is 0 Å². The number of nitrogens with zero attached hydrogens (tertiary/aromatic N) is 3. The van der Waals surface area contributed by atoms with Crippen molar-refractivity contribution in [2.45, 2.75) is 32.6 Å². The summed E-state index contributed by atoms with van der Waals surface area (Å²) >= 11 is 12.1. The average molecular weight is 356 g/mol. The number of aromatic nitrogens is 3. The van der Waals surface area contributed by atoms with E-state index in [0.717, 1.165) is 0 Å². The highest BCUT2D eigenvalue weighted by Gasteiger charge is 2.48. The van der Waals surface area contributed by atoms with Crippen LogP contribution in [0.5, 0.6) is 5.75 Å². The van der Waals surface area contributed by atoms with Gasteiger partial charge < -0.3 is 9.84 Å². The van der Waals surface area contributed by atoms with Crippen LogP contribution in [-0.4, -0.2) is 25.5 Å². The third kappa shape index (κ3) is 3.52. The number of hydrogen-bond acceptors (Lipinski definition) is 4. The summed E-state index contributed by atoms with van der Waals surface area (Å²) in [4.78, 5) is 3.92. The van der Waals surface area contributed by atoms with Crippen LogP contribution in [0.25, 0.3) is 0 Å². The van der Waals surface area contributed by atoms with Gasteiger partial charge >= 0.3 is 0 Å². The normalized spacial score (nSPS) is 15.7. The van der Waals surface area contributed by atoms with Crippen molar-refractivity contribution in [2.24, 2.45) is 5.41 Å². The van der Waals surface area contributed by atoms with Gasteiger partial charge in [0.05, 0.1) is 5.02 Å². The maximum absolute atomic E-state index is 11.2. The van der Waals surface area contributed by atoms with E-state index in [9.17, 15) is 5.11 Å². The Morgan fingerprint density at radius 3 is 2.52 bits per heavy atom. The highest BCUT2D eigenvalue weighted by Crippen LogP contribution is 2.42. The second kappa shape index (κ2) is 6.51. The maximum Gasteiger partial charge on any atom is 0.225 e. The van der Waals surface area contributed by atoms with Gasteiger partial charge in [0.25, 0.3) is 0 Å². The molecule has 0 aliphatic heterocycles. The molecule has 1 N–H and O–H groups in total. The predicted octanol–water partition coefficient (Wildman–Crippen LogP) is 4.13. The fourth-order valence-electron chi connectivity index (χ4n) is 2.15. The number of aliphatic hydroxyl groups is 1. The van der Waals surface area contributed by atoms with Crippen molar-refractivity contribution in [3.05, 3.63) is 53.6 Å². The Morgan fingerprint density at radius 1 is 1.35 bits per heavy atom. The highest BCUT2D eigenvalue weighted by molar-refractivity contribution is 6.35. The Kier molecular flexibility index (Phi) is 5.04. The van der Waals surface area contributed by atoms with Crippen LogP contribution in [0, 0.1) is 5.41 Å². The molecule has 124 valence electrons. The van der Waals surface area contributed by atoms with Gasteiger partial charge in [-0.3, -0.25) is 0 Å². The monoisotopic (exact) mass is 355 g/mol. The largest absolute Gasteiger partial charge is 0.464 e. The van der Waals surface area contributed by atoms with E-state index in [1.165, 1.54) is 23.4 Å². The molecule has 0 aliphatic carbocycles. The van der Waals surface area contributed by atoms with E-state index in [4.69, 9.17) is 27.9 Å². The molecule has 0 aliphatic rings. The summed E-state index contributed by atoms with van der Waals surface area (Å²) in [5.74, 6) is 0.376. The minimum Gasteiger partial charge on any atom is -0.464 e. The Morgan fingerprint density at radius 2 is 2.04 bits per heavy atom. The Bertz CT molecular complexity index is 683. The van der Waals surface area contributed by atoms with Gasteiger partial charge in [0, 0.05) is 5.02 Å². The number of hydrogen-bond donors (Lipinski definition) is 1. The second-order valence-electron chi connectivity index (χ2n) is 6.20. The van der Waals surface area contributed by atoms with Crippen LogP contribution >= 0.6 is 23.2 Å². The lowest BCUT2D eigenvalue weighted by Gasteiger charge is -2.42. The van der Waals surface area contributed by atoms with Gasteiger partial charge in [-0.2, -0.15) is 5.10 Å². The quantitative estimate of drug-likeness (QED) is 0.819. The molecule has 0 saturated heterocycles. The minimum atomic E-state index is -1.43. The summed E-state index contributed by atoms with van der Waals surface area (Å²) in [6.45, 7) is 9.40. The number of halogens is 2. The highest BCUT2D eigenvalue weighted by atomic mass is 35.5. The number of benzene rings is 1. The third-order valence-electron chi connectivity index (χ3n) is 3.70. The lowest BCUT2D eigenvalue weighted by atomic mass is 9.75. The minimum absolute atomic E-state index is 0.336. The van der Waals surface area contributed by atoms with E-state index >= 15 is 0 Å². The summed E-state index contributed by atoms with van der Waals surface area (Å²) in [5.41, 5.74) is -2.01. The molecule has 1 heterocycles. The lowest BCUT2D eigenvalue weighted by molar-refractivity contribution is -0.132. The summed E-state index contributed by atoms with van der Waals surface area (Å²) < 4.78 is 7.40. The van der Waals surface area contributed by atoms with Gasteiger partial charge in [-0.05, 0) is 23.6 Å². The van der Waals surface area contributed by atoms with Gasteiger partial charge in [0.15, 0.2) is 0 Å². The SMILES string of the molecule is C=CC(O)(C(Oc1ccc(Cl)cc1Cl)n1cncn1)C(C)(C)C. The topological polar surface area (TPSA) is 60.2 Å². The first-order valence-corrected chi connectivity index (χ1v) is 7.76. The molecular weight excluding hydrogens is 337 g/mol. The summed E-state index contributed by atoms with van der Waals surface area (Å²) in [7, 11) is 0. The van der Waals surface area contributed by atoms with Crippen LogP contribution in [0.2, 0.25) is 10.0 Å². The van der Waals surface area contributed by atoms with Gasteiger partial charge in [-0.15, -0.1) is 6.58 Å². The van der Waals surface area contributed by atoms with Crippen LogP contribution in [0.4, 0.5) is 0 Å². The fourth-order valence-corrected chi connectivity index (χ4v) is 2.61. The van der Waals surface area contributed by atoms with Crippen molar-refractivity contribution < 1.29 is 9.84 Å². The standard InChI is InChI=1S/C16H19Cl2N3O2/c1-5-16(22,15(2,3)4)14(21-10-19-9-20-21)23-13-7-6-11(17)8-12(13)18/h5-10,14,22H,1H2,2-4H3. The van der Waals surface area contributed by atoms with Crippen molar-refractivity contribution in [3.8, 4) is 5.75 Å². The van der Waals surface area contributed by atoms with Gasteiger partial charge in [0.2, 0.25) is 6.23 Å². The van der Waals surface area contributed by atoms with E-state index in [0.29, 0.717) is 15.8 Å². The molecule has 7 heteroatoms. The molecule has 0 amide bonds. The number of rotatable bonds is 5.